The third-order valence-corrected chi connectivity index (χ3v) is 10.8. The van der Waals surface area contributed by atoms with Gasteiger partial charge in [-0.05, 0) is 76.5 Å². The number of nitrogens with zero attached hydrogens (tertiary/aromatic N) is 1. The molecule has 0 unspecified atom stereocenters. The Labute approximate surface area is 257 Å². The van der Waals surface area contributed by atoms with Gasteiger partial charge in [-0.15, -0.1) is 22.7 Å². The van der Waals surface area contributed by atoms with Crippen molar-refractivity contribution >= 4 is 90.9 Å². The lowest BCUT2D eigenvalue weighted by molar-refractivity contribution is 1.30. The molecule has 43 heavy (non-hydrogen) atoms. The quantitative estimate of drug-likeness (QED) is 0.199. The van der Waals surface area contributed by atoms with Gasteiger partial charge >= 0.3 is 0 Å². The van der Waals surface area contributed by atoms with Crippen molar-refractivity contribution in [1.82, 2.24) is 0 Å². The van der Waals surface area contributed by atoms with Gasteiger partial charge in [-0.1, -0.05) is 97.1 Å². The van der Waals surface area contributed by atoms with E-state index in [1.165, 1.54) is 62.2 Å². The van der Waals surface area contributed by atoms with Crippen molar-refractivity contribution in [3.05, 3.63) is 152 Å². The Balaban J connectivity index is 1.25. The van der Waals surface area contributed by atoms with Crippen LogP contribution in [0.25, 0.3) is 62.2 Å². The molecule has 0 aliphatic rings. The number of rotatable bonds is 4. The van der Waals surface area contributed by atoms with Gasteiger partial charge in [0.05, 0.1) is 0 Å². The second kappa shape index (κ2) is 9.81. The van der Waals surface area contributed by atoms with Crippen molar-refractivity contribution in [2.24, 2.45) is 0 Å². The van der Waals surface area contributed by atoms with E-state index in [4.69, 9.17) is 0 Å². The predicted molar refractivity (Wildman–Crippen MR) is 190 cm³/mol. The highest BCUT2D eigenvalue weighted by molar-refractivity contribution is 7.26. The van der Waals surface area contributed by atoms with E-state index in [1.54, 1.807) is 0 Å². The van der Waals surface area contributed by atoms with Gasteiger partial charge in [-0.25, -0.2) is 0 Å². The molecule has 0 atom stereocenters. The molecule has 3 heteroatoms. The third kappa shape index (κ3) is 4.04. The number of thiophene rings is 2. The monoisotopic (exact) mass is 583 g/mol. The highest BCUT2D eigenvalue weighted by Crippen LogP contribution is 2.44. The Kier molecular flexibility index (Phi) is 5.62. The lowest BCUT2D eigenvalue weighted by Gasteiger charge is -2.26. The molecular weight excluding hydrogens is 559 g/mol. The number of hydrogen-bond acceptors (Lipinski definition) is 3. The van der Waals surface area contributed by atoms with Crippen LogP contribution in [0, 0.1) is 0 Å². The van der Waals surface area contributed by atoms with E-state index in [0.29, 0.717) is 0 Å². The van der Waals surface area contributed by atoms with Crippen LogP contribution >= 0.6 is 22.7 Å². The van der Waals surface area contributed by atoms with Crippen LogP contribution < -0.4 is 4.90 Å². The molecule has 1 nitrogen and oxygen atoms in total. The molecule has 7 aromatic carbocycles. The second-order valence-electron chi connectivity index (χ2n) is 11.0. The maximum absolute atomic E-state index is 2.41. The minimum Gasteiger partial charge on any atom is -0.310 e. The molecule has 202 valence electrons. The van der Waals surface area contributed by atoms with E-state index < -0.39 is 0 Å². The van der Waals surface area contributed by atoms with Crippen LogP contribution in [0.2, 0.25) is 0 Å². The van der Waals surface area contributed by atoms with Crippen LogP contribution in [0.1, 0.15) is 0 Å². The zero-order chi connectivity index (χ0) is 28.3. The van der Waals surface area contributed by atoms with Crippen molar-refractivity contribution in [1.29, 1.82) is 0 Å². The van der Waals surface area contributed by atoms with Crippen LogP contribution in [-0.2, 0) is 0 Å². The van der Waals surface area contributed by atoms with Gasteiger partial charge in [-0.3, -0.25) is 0 Å². The molecule has 2 heterocycles. The van der Waals surface area contributed by atoms with Crippen LogP contribution in [0.3, 0.4) is 0 Å². The van der Waals surface area contributed by atoms with Gasteiger partial charge < -0.3 is 4.90 Å². The maximum atomic E-state index is 2.41. The Morgan fingerprint density at radius 3 is 1.72 bits per heavy atom. The fraction of sp³-hybridized carbons (Fsp3) is 0. The topological polar surface area (TPSA) is 3.24 Å². The molecule has 9 rings (SSSR count). The summed E-state index contributed by atoms with van der Waals surface area (Å²) < 4.78 is 5.31. The van der Waals surface area contributed by atoms with E-state index in [1.807, 2.05) is 22.7 Å². The molecule has 0 saturated carbocycles. The highest BCUT2D eigenvalue weighted by Gasteiger charge is 2.17. The summed E-state index contributed by atoms with van der Waals surface area (Å²) in [5.74, 6) is 0. The van der Waals surface area contributed by atoms with Crippen molar-refractivity contribution in [3.8, 4) is 11.1 Å². The normalized spacial score (nSPS) is 11.7. The van der Waals surface area contributed by atoms with Gasteiger partial charge in [0, 0.05) is 57.4 Å². The van der Waals surface area contributed by atoms with E-state index >= 15 is 0 Å². The van der Waals surface area contributed by atoms with Gasteiger partial charge in [-0.2, -0.15) is 0 Å². The molecule has 0 radical (unpaired) electrons. The number of hydrogen-bond donors (Lipinski definition) is 0. The first-order valence-electron chi connectivity index (χ1n) is 14.5. The summed E-state index contributed by atoms with van der Waals surface area (Å²) in [4.78, 5) is 2.41. The SMILES string of the molecule is c1ccc(-c2ccc(N(c3ccc4sc5ccccc5c4c3)c3ccc4sc5c6ccccc6ccc5c4c3)cc2)cc1. The van der Waals surface area contributed by atoms with Crippen LogP contribution in [-0.4, -0.2) is 0 Å². The van der Waals surface area contributed by atoms with Crippen molar-refractivity contribution in [2.45, 2.75) is 0 Å². The molecule has 0 aliphatic heterocycles. The molecule has 0 bridgehead atoms. The van der Waals surface area contributed by atoms with Gasteiger partial charge in [0.15, 0.2) is 0 Å². The fourth-order valence-corrected chi connectivity index (χ4v) is 8.67. The fourth-order valence-electron chi connectivity index (χ4n) is 6.37. The lowest BCUT2D eigenvalue weighted by Crippen LogP contribution is -2.09. The standard InChI is InChI=1S/C40H25NS2/c1-2-8-26(9-3-1)27-14-17-29(18-15-27)41(30-19-22-38-35(24-30)33-12-6-7-13-37(33)42-38)31-20-23-39-36(25-31)34-21-16-28-10-4-5-11-32(28)40(34)43-39/h1-25H. The number of benzene rings is 7. The Hall–Kier alpha value is -4.96. The molecule has 0 saturated heterocycles. The summed E-state index contributed by atoms with van der Waals surface area (Å²) in [6.45, 7) is 0. The first-order chi connectivity index (χ1) is 21.3. The smallest absolute Gasteiger partial charge is 0.0468 e. The van der Waals surface area contributed by atoms with Crippen molar-refractivity contribution in [3.63, 3.8) is 0 Å². The zero-order valence-electron chi connectivity index (χ0n) is 23.2. The maximum Gasteiger partial charge on any atom is 0.0468 e. The summed E-state index contributed by atoms with van der Waals surface area (Å²) >= 11 is 3.75. The largest absolute Gasteiger partial charge is 0.310 e. The average molecular weight is 584 g/mol. The molecule has 0 aliphatic carbocycles. The van der Waals surface area contributed by atoms with E-state index in [2.05, 4.69) is 157 Å². The summed E-state index contributed by atoms with van der Waals surface area (Å²) in [5.41, 5.74) is 5.90. The summed E-state index contributed by atoms with van der Waals surface area (Å²) in [7, 11) is 0. The molecule has 9 aromatic rings. The first kappa shape index (κ1) is 24.6. The van der Waals surface area contributed by atoms with E-state index in [-0.39, 0.29) is 0 Å². The van der Waals surface area contributed by atoms with Crippen LogP contribution in [0.5, 0.6) is 0 Å². The van der Waals surface area contributed by atoms with Crippen LogP contribution in [0.4, 0.5) is 17.1 Å². The third-order valence-electron chi connectivity index (χ3n) is 8.45. The molecule has 2 aromatic heterocycles. The van der Waals surface area contributed by atoms with Gasteiger partial charge in [0.1, 0.15) is 0 Å². The minimum atomic E-state index is 1.14. The van der Waals surface area contributed by atoms with Crippen molar-refractivity contribution in [2.75, 3.05) is 4.90 Å². The number of anilines is 3. The minimum absolute atomic E-state index is 1.14. The van der Waals surface area contributed by atoms with Gasteiger partial charge in [0.2, 0.25) is 0 Å². The molecule has 0 amide bonds. The van der Waals surface area contributed by atoms with E-state index in [9.17, 15) is 0 Å². The van der Waals surface area contributed by atoms with Crippen LogP contribution in [0.15, 0.2) is 152 Å². The second-order valence-corrected chi connectivity index (χ2v) is 13.1. The predicted octanol–water partition coefficient (Wildman–Crippen LogP) is 12.7. The highest BCUT2D eigenvalue weighted by atomic mass is 32.1. The average Bonchev–Trinajstić information content (AvgIpc) is 3.64. The first-order valence-corrected chi connectivity index (χ1v) is 16.1. The molecule has 0 fully saturated rings. The summed E-state index contributed by atoms with van der Waals surface area (Å²) in [6, 6.07) is 55.4. The summed E-state index contributed by atoms with van der Waals surface area (Å²) in [5, 5.41) is 7.85. The Morgan fingerprint density at radius 1 is 0.349 bits per heavy atom. The van der Waals surface area contributed by atoms with Gasteiger partial charge in [0.25, 0.3) is 0 Å². The molecular formula is C40H25NS2. The summed E-state index contributed by atoms with van der Waals surface area (Å²) in [6.07, 6.45) is 0. The zero-order valence-corrected chi connectivity index (χ0v) is 24.8. The van der Waals surface area contributed by atoms with Crippen molar-refractivity contribution < 1.29 is 0 Å². The molecule has 0 N–H and O–H groups in total. The Bertz CT molecular complexity index is 2450. The number of fused-ring (bicyclic) bond motifs is 8. The lowest BCUT2D eigenvalue weighted by atomic mass is 10.0. The molecule has 0 spiro atoms. The van der Waals surface area contributed by atoms with E-state index in [0.717, 1.165) is 17.1 Å². The Morgan fingerprint density at radius 2 is 0.930 bits per heavy atom.